The zero-order chi connectivity index (χ0) is 23.7. The molecule has 0 spiro atoms. The van der Waals surface area contributed by atoms with Crippen molar-refractivity contribution in [3.8, 4) is 17.0 Å². The Bertz CT molecular complexity index is 1250. The second-order valence-electron chi connectivity index (χ2n) is 7.93. The molecule has 33 heavy (non-hydrogen) atoms. The number of Topliss-reactive ketones (excluding diaryl/α,β-unsaturated/α-hetero) is 1. The Morgan fingerprint density at radius 1 is 1.18 bits per heavy atom. The van der Waals surface area contributed by atoms with E-state index in [1.807, 2.05) is 6.07 Å². The summed E-state index contributed by atoms with van der Waals surface area (Å²) in [6, 6.07) is 12.1. The third-order valence-corrected chi connectivity index (χ3v) is 5.61. The summed E-state index contributed by atoms with van der Waals surface area (Å²) in [5, 5.41) is 2.80. The van der Waals surface area contributed by atoms with Crippen LogP contribution in [0.25, 0.3) is 11.1 Å². The lowest BCUT2D eigenvalue weighted by Gasteiger charge is -2.25. The molecule has 1 aliphatic heterocycles. The van der Waals surface area contributed by atoms with Gasteiger partial charge in [0.1, 0.15) is 6.54 Å². The Balaban J connectivity index is 1.73. The van der Waals surface area contributed by atoms with Gasteiger partial charge in [-0.1, -0.05) is 6.07 Å². The van der Waals surface area contributed by atoms with Crippen LogP contribution < -0.4 is 15.0 Å². The number of aryl methyl sites for hydroxylation is 1. The highest BCUT2D eigenvalue weighted by molar-refractivity contribution is 6.09. The normalized spacial score (nSPS) is 14.7. The molecule has 0 aliphatic carbocycles. The van der Waals surface area contributed by atoms with Gasteiger partial charge >= 0.3 is 0 Å². The average molecular weight is 444 g/mol. The van der Waals surface area contributed by atoms with E-state index < -0.39 is 5.92 Å². The molecule has 3 aromatic rings. The van der Waals surface area contributed by atoms with E-state index in [0.29, 0.717) is 39.8 Å². The molecule has 4 rings (SSSR count). The maximum atomic E-state index is 13.5. The lowest BCUT2D eigenvalue weighted by molar-refractivity contribution is -0.122. The number of pyridine rings is 2. The van der Waals surface area contributed by atoms with Gasteiger partial charge in [-0.15, -0.1) is 0 Å². The van der Waals surface area contributed by atoms with Gasteiger partial charge in [0, 0.05) is 28.7 Å². The quantitative estimate of drug-likeness (QED) is 0.602. The minimum absolute atomic E-state index is 0.0558. The SMILES string of the molecule is COc1nc(C)cc2c1-c1cccnc1[C@@H](C)C(=O)N2CC(=O)Nc1ccc(C(C)=O)cc1. The molecule has 168 valence electrons. The topological polar surface area (TPSA) is 101 Å². The molecule has 8 heteroatoms. The van der Waals surface area contributed by atoms with E-state index >= 15 is 0 Å². The van der Waals surface area contributed by atoms with Crippen molar-refractivity contribution in [1.29, 1.82) is 0 Å². The summed E-state index contributed by atoms with van der Waals surface area (Å²) in [6.45, 7) is 4.86. The fourth-order valence-corrected chi connectivity index (χ4v) is 3.98. The van der Waals surface area contributed by atoms with E-state index in [0.717, 1.165) is 5.56 Å². The second kappa shape index (κ2) is 8.82. The van der Waals surface area contributed by atoms with Crippen LogP contribution in [0.4, 0.5) is 11.4 Å². The first-order valence-corrected chi connectivity index (χ1v) is 10.5. The molecule has 1 aliphatic rings. The van der Waals surface area contributed by atoms with Crippen LogP contribution in [-0.4, -0.2) is 41.2 Å². The summed E-state index contributed by atoms with van der Waals surface area (Å²) < 4.78 is 5.55. The molecular formula is C25H24N4O4. The summed E-state index contributed by atoms with van der Waals surface area (Å²) in [5.41, 5.74) is 4.28. The number of fused-ring (bicyclic) bond motifs is 3. The van der Waals surface area contributed by atoms with E-state index in [2.05, 4.69) is 15.3 Å². The number of ketones is 1. The first-order chi connectivity index (χ1) is 15.8. The summed E-state index contributed by atoms with van der Waals surface area (Å²) in [4.78, 5) is 48.3. The smallest absolute Gasteiger partial charge is 0.244 e. The molecule has 8 nitrogen and oxygen atoms in total. The Labute approximate surface area is 191 Å². The summed E-state index contributed by atoms with van der Waals surface area (Å²) in [5.74, 6) is -0.875. The van der Waals surface area contributed by atoms with Crippen molar-refractivity contribution in [1.82, 2.24) is 9.97 Å². The highest BCUT2D eigenvalue weighted by Gasteiger charge is 2.35. The maximum Gasteiger partial charge on any atom is 0.244 e. The van der Waals surface area contributed by atoms with Crippen molar-refractivity contribution < 1.29 is 19.1 Å². The number of carbonyl (C=O) groups excluding carboxylic acids is 3. The molecule has 2 aromatic heterocycles. The molecule has 1 N–H and O–H groups in total. The van der Waals surface area contributed by atoms with Crippen molar-refractivity contribution >= 4 is 29.0 Å². The third kappa shape index (κ3) is 4.19. The van der Waals surface area contributed by atoms with Crippen LogP contribution in [0.2, 0.25) is 0 Å². The van der Waals surface area contributed by atoms with Gasteiger partial charge in [0.25, 0.3) is 0 Å². The van der Waals surface area contributed by atoms with Crippen LogP contribution in [-0.2, 0) is 9.59 Å². The van der Waals surface area contributed by atoms with Crippen LogP contribution in [0.15, 0.2) is 48.7 Å². The number of rotatable bonds is 5. The molecule has 0 bridgehead atoms. The van der Waals surface area contributed by atoms with Crippen LogP contribution in [0, 0.1) is 6.92 Å². The number of hydrogen-bond acceptors (Lipinski definition) is 6. The number of benzene rings is 1. The predicted octanol–water partition coefficient (Wildman–Crippen LogP) is 3.75. The van der Waals surface area contributed by atoms with Gasteiger partial charge in [-0.2, -0.15) is 0 Å². The van der Waals surface area contributed by atoms with Crippen LogP contribution in [0.3, 0.4) is 0 Å². The van der Waals surface area contributed by atoms with Gasteiger partial charge in [0.15, 0.2) is 5.78 Å². The first kappa shape index (κ1) is 22.1. The van der Waals surface area contributed by atoms with E-state index in [9.17, 15) is 14.4 Å². The van der Waals surface area contributed by atoms with Crippen molar-refractivity contribution in [2.45, 2.75) is 26.7 Å². The molecule has 1 atom stereocenters. The number of nitrogens with zero attached hydrogens (tertiary/aromatic N) is 3. The molecule has 0 radical (unpaired) electrons. The maximum absolute atomic E-state index is 13.5. The largest absolute Gasteiger partial charge is 0.480 e. The van der Waals surface area contributed by atoms with Crippen molar-refractivity contribution in [2.75, 3.05) is 23.9 Å². The highest BCUT2D eigenvalue weighted by atomic mass is 16.5. The molecule has 2 amide bonds. The van der Waals surface area contributed by atoms with Gasteiger partial charge in [0.2, 0.25) is 17.7 Å². The van der Waals surface area contributed by atoms with Crippen molar-refractivity contribution in [3.63, 3.8) is 0 Å². The number of anilines is 2. The van der Waals surface area contributed by atoms with Gasteiger partial charge in [-0.25, -0.2) is 4.98 Å². The molecule has 0 fully saturated rings. The van der Waals surface area contributed by atoms with Gasteiger partial charge < -0.3 is 15.0 Å². The van der Waals surface area contributed by atoms with E-state index in [1.165, 1.54) is 18.9 Å². The lowest BCUT2D eigenvalue weighted by atomic mass is 9.98. The number of hydrogen-bond donors (Lipinski definition) is 1. The van der Waals surface area contributed by atoms with Gasteiger partial charge in [-0.3, -0.25) is 19.4 Å². The number of amides is 2. The van der Waals surface area contributed by atoms with Crippen LogP contribution in [0.5, 0.6) is 5.88 Å². The predicted molar refractivity (Wildman–Crippen MR) is 125 cm³/mol. The fourth-order valence-electron chi connectivity index (χ4n) is 3.98. The van der Waals surface area contributed by atoms with E-state index in [1.54, 1.807) is 56.4 Å². The summed E-state index contributed by atoms with van der Waals surface area (Å²) >= 11 is 0. The molecule has 0 saturated heterocycles. The summed E-state index contributed by atoms with van der Waals surface area (Å²) in [7, 11) is 1.52. The van der Waals surface area contributed by atoms with Crippen LogP contribution in [0.1, 0.15) is 41.5 Å². The monoisotopic (exact) mass is 444 g/mol. The number of aromatic nitrogens is 2. The number of ether oxygens (including phenoxy) is 1. The lowest BCUT2D eigenvalue weighted by Crippen LogP contribution is -2.40. The Kier molecular flexibility index (Phi) is 5.91. The van der Waals surface area contributed by atoms with Gasteiger partial charge in [0.05, 0.1) is 30.0 Å². The third-order valence-electron chi connectivity index (χ3n) is 5.61. The number of carbonyl (C=O) groups is 3. The van der Waals surface area contributed by atoms with Crippen LogP contribution >= 0.6 is 0 Å². The standard InChI is InChI=1S/C25H24N4O4/c1-14-12-20-22(24(27-14)33-4)19-6-5-11-26-23(19)15(2)25(32)29(20)13-21(31)28-18-9-7-17(8-10-18)16(3)30/h5-12,15H,13H2,1-4H3,(H,28,31)/t15-/m1/s1. The zero-order valence-corrected chi connectivity index (χ0v) is 18.9. The van der Waals surface area contributed by atoms with Gasteiger partial charge in [-0.05, 0) is 57.2 Å². The number of nitrogens with one attached hydrogen (secondary N) is 1. The molecule has 0 unspecified atom stereocenters. The number of methoxy groups -OCH3 is 1. The highest BCUT2D eigenvalue weighted by Crippen LogP contribution is 2.44. The zero-order valence-electron chi connectivity index (χ0n) is 18.9. The molecule has 3 heterocycles. The Morgan fingerprint density at radius 2 is 1.91 bits per heavy atom. The first-order valence-electron chi connectivity index (χ1n) is 10.5. The summed E-state index contributed by atoms with van der Waals surface area (Å²) in [6.07, 6.45) is 1.64. The van der Waals surface area contributed by atoms with Crippen molar-refractivity contribution in [2.24, 2.45) is 0 Å². The average Bonchev–Trinajstić information content (AvgIpc) is 2.88. The van der Waals surface area contributed by atoms with Crippen molar-refractivity contribution in [3.05, 3.63) is 65.6 Å². The van der Waals surface area contributed by atoms with E-state index in [4.69, 9.17) is 4.74 Å². The Morgan fingerprint density at radius 3 is 2.58 bits per heavy atom. The minimum Gasteiger partial charge on any atom is -0.480 e. The molecule has 0 saturated carbocycles. The molecular weight excluding hydrogens is 420 g/mol. The fraction of sp³-hybridized carbons (Fsp3) is 0.240. The minimum atomic E-state index is -0.568. The van der Waals surface area contributed by atoms with E-state index in [-0.39, 0.29) is 24.1 Å². The second-order valence-corrected chi connectivity index (χ2v) is 7.93. The molecule has 1 aromatic carbocycles. The Hall–Kier alpha value is -4.07.